The van der Waals surface area contributed by atoms with Crippen LogP contribution in [-0.4, -0.2) is 98.8 Å². The highest BCUT2D eigenvalue weighted by molar-refractivity contribution is 5.89. The molecule has 6 aromatic rings. The maximum Gasteiger partial charge on any atom is 0.338 e. The molecule has 0 spiro atoms. The van der Waals surface area contributed by atoms with Gasteiger partial charge in [0.05, 0.1) is 52.3 Å². The summed E-state index contributed by atoms with van der Waals surface area (Å²) in [7, 11) is 1.58. The Balaban J connectivity index is 1.15. The predicted octanol–water partition coefficient (Wildman–Crippen LogP) is 8.03. The monoisotopic (exact) mass is 954 g/mol. The van der Waals surface area contributed by atoms with E-state index in [2.05, 4.69) is 0 Å². The molecule has 6 aromatic carbocycles. The number of hydrogen-bond acceptors (Lipinski definition) is 14. The minimum Gasteiger partial charge on any atom is -0.497 e. The zero-order chi connectivity index (χ0) is 48.5. The van der Waals surface area contributed by atoms with E-state index in [4.69, 9.17) is 52.1 Å². The van der Waals surface area contributed by atoms with Crippen LogP contribution in [0.3, 0.4) is 0 Å². The zero-order valence-corrected chi connectivity index (χ0v) is 39.0. The number of aliphatic hydroxyl groups excluding tert-OH is 1. The van der Waals surface area contributed by atoms with Crippen molar-refractivity contribution in [3.63, 3.8) is 0 Å². The van der Waals surface area contributed by atoms with Crippen molar-refractivity contribution >= 4 is 11.9 Å². The van der Waals surface area contributed by atoms with Crippen molar-refractivity contribution in [3.05, 3.63) is 204 Å². The van der Waals surface area contributed by atoms with Crippen LogP contribution in [-0.2, 0) is 73.9 Å². The third kappa shape index (κ3) is 13.7. The third-order valence-corrected chi connectivity index (χ3v) is 11.8. The SMILES string of the molecule is COc1ccc(O[C@@H]2O[C@H](CO[C@@H]3O[C@H](CO)[C@@H](OCc4ccccc4)[C@H](OC(C)=O)[C@H]3OC(=O)c3ccccc3)[C@@H](OCc3ccccc3)[C@H](OCc3ccccc3)[C@H]2OCc2ccccc2)cc1. The van der Waals surface area contributed by atoms with Crippen molar-refractivity contribution in [2.24, 2.45) is 0 Å². The number of aliphatic hydroxyl groups is 1. The van der Waals surface area contributed by atoms with Crippen molar-refractivity contribution in [3.8, 4) is 11.5 Å². The molecule has 8 rings (SSSR count). The van der Waals surface area contributed by atoms with E-state index in [9.17, 15) is 14.7 Å². The summed E-state index contributed by atoms with van der Waals surface area (Å²) < 4.78 is 71.2. The molecule has 0 aliphatic carbocycles. The second-order valence-corrected chi connectivity index (χ2v) is 16.8. The first-order valence-electron chi connectivity index (χ1n) is 23.2. The lowest BCUT2D eigenvalue weighted by molar-refractivity contribution is -0.336. The standard InChI is InChI=1S/C56H58O14/c1-38(58)66-51-48(61-33-39-18-8-3-9-19-39)46(32-57)68-55(53(51)70-54(59)43-26-16-7-17-27-43)65-37-47-49(62-34-40-20-10-4-11-21-40)50(63-35-41-22-12-5-13-23-41)52(64-36-42-24-14-6-15-25-42)56(69-47)67-45-30-28-44(60-2)29-31-45/h3-31,46-53,55-57H,32-37H2,1-2H3/t46-,47-,48-,49-,50+,51+,52-,53-,55-,56-/m1/s1. The van der Waals surface area contributed by atoms with Crippen LogP contribution in [0.2, 0.25) is 0 Å². The van der Waals surface area contributed by atoms with Gasteiger partial charge in [0.25, 0.3) is 0 Å². The summed E-state index contributed by atoms with van der Waals surface area (Å²) >= 11 is 0. The van der Waals surface area contributed by atoms with Gasteiger partial charge in [-0.25, -0.2) is 4.79 Å². The molecule has 2 aliphatic rings. The van der Waals surface area contributed by atoms with E-state index in [0.717, 1.165) is 22.3 Å². The Hall–Kier alpha value is -6.46. The molecule has 2 aliphatic heterocycles. The van der Waals surface area contributed by atoms with Crippen LogP contribution >= 0.6 is 0 Å². The van der Waals surface area contributed by atoms with Crippen LogP contribution in [0.5, 0.6) is 11.5 Å². The largest absolute Gasteiger partial charge is 0.497 e. The van der Waals surface area contributed by atoms with E-state index >= 15 is 0 Å². The van der Waals surface area contributed by atoms with E-state index < -0.39 is 80.0 Å². The minimum absolute atomic E-state index is 0.0673. The lowest BCUT2D eigenvalue weighted by Crippen LogP contribution is -2.64. The number of carbonyl (C=O) groups is 2. The van der Waals surface area contributed by atoms with Crippen LogP contribution < -0.4 is 9.47 Å². The van der Waals surface area contributed by atoms with E-state index in [1.54, 1.807) is 61.7 Å². The molecule has 2 heterocycles. The molecular weight excluding hydrogens is 897 g/mol. The lowest BCUT2D eigenvalue weighted by Gasteiger charge is -2.47. The molecular formula is C56H58O14. The molecule has 0 unspecified atom stereocenters. The van der Waals surface area contributed by atoms with Gasteiger partial charge in [0.1, 0.15) is 48.1 Å². The average Bonchev–Trinajstić information content (AvgIpc) is 3.40. The van der Waals surface area contributed by atoms with Crippen molar-refractivity contribution in [1.82, 2.24) is 0 Å². The summed E-state index contributed by atoms with van der Waals surface area (Å²) in [6.45, 7) is 0.995. The fraction of sp³-hybridized carbons (Fsp3) is 0.321. The number of hydrogen-bond donors (Lipinski definition) is 1. The second kappa shape index (κ2) is 25.4. The van der Waals surface area contributed by atoms with Gasteiger partial charge in [-0.05, 0) is 58.7 Å². The number of carbonyl (C=O) groups excluding carboxylic acids is 2. The summed E-state index contributed by atoms with van der Waals surface area (Å²) in [5.74, 6) is -0.318. The van der Waals surface area contributed by atoms with Gasteiger partial charge in [-0.15, -0.1) is 0 Å². The normalized spacial score (nSPS) is 24.3. The molecule has 10 atom stereocenters. The number of methoxy groups -OCH3 is 1. The lowest BCUT2D eigenvalue weighted by atomic mass is 9.97. The molecule has 2 saturated heterocycles. The van der Waals surface area contributed by atoms with Gasteiger partial charge in [0.15, 0.2) is 18.5 Å². The Labute approximate surface area is 407 Å². The molecule has 0 radical (unpaired) electrons. The van der Waals surface area contributed by atoms with Crippen molar-refractivity contribution in [2.45, 2.75) is 94.8 Å². The molecule has 1 N–H and O–H groups in total. The fourth-order valence-corrected chi connectivity index (χ4v) is 8.30. The molecule has 0 amide bonds. The number of benzene rings is 6. The molecule has 0 saturated carbocycles. The Bertz CT molecular complexity index is 2470. The smallest absolute Gasteiger partial charge is 0.338 e. The molecule has 14 nitrogen and oxygen atoms in total. The molecule has 0 bridgehead atoms. The van der Waals surface area contributed by atoms with E-state index in [1.807, 2.05) is 121 Å². The molecule has 70 heavy (non-hydrogen) atoms. The maximum atomic E-state index is 13.9. The fourth-order valence-electron chi connectivity index (χ4n) is 8.30. The summed E-state index contributed by atoms with van der Waals surface area (Å²) in [5, 5.41) is 10.9. The quantitative estimate of drug-likeness (QED) is 0.0653. The van der Waals surface area contributed by atoms with Crippen LogP contribution in [0.1, 0.15) is 39.5 Å². The van der Waals surface area contributed by atoms with Gasteiger partial charge in [-0.1, -0.05) is 140 Å². The highest BCUT2D eigenvalue weighted by atomic mass is 16.8. The van der Waals surface area contributed by atoms with Crippen LogP contribution in [0.4, 0.5) is 0 Å². The van der Waals surface area contributed by atoms with Crippen LogP contribution in [0.15, 0.2) is 176 Å². The first-order chi connectivity index (χ1) is 34.3. The van der Waals surface area contributed by atoms with Gasteiger partial charge < -0.3 is 57.2 Å². The summed E-state index contributed by atoms with van der Waals surface area (Å²) in [6, 6.07) is 54.0. The third-order valence-electron chi connectivity index (χ3n) is 11.8. The molecule has 14 heteroatoms. The Morgan fingerprint density at radius 2 is 0.886 bits per heavy atom. The summed E-state index contributed by atoms with van der Waals surface area (Å²) in [5.41, 5.74) is 3.76. The van der Waals surface area contributed by atoms with Gasteiger partial charge in [0.2, 0.25) is 6.29 Å². The number of rotatable bonds is 22. The van der Waals surface area contributed by atoms with E-state index in [-0.39, 0.29) is 38.6 Å². The highest BCUT2D eigenvalue weighted by Gasteiger charge is 2.54. The van der Waals surface area contributed by atoms with Gasteiger partial charge in [-0.3, -0.25) is 4.79 Å². The Morgan fingerprint density at radius 3 is 1.36 bits per heavy atom. The van der Waals surface area contributed by atoms with Crippen molar-refractivity contribution in [2.75, 3.05) is 20.3 Å². The van der Waals surface area contributed by atoms with Gasteiger partial charge in [-0.2, -0.15) is 0 Å². The van der Waals surface area contributed by atoms with Crippen molar-refractivity contribution < 1.29 is 66.8 Å². The molecule has 2 fully saturated rings. The van der Waals surface area contributed by atoms with Gasteiger partial charge in [0, 0.05) is 6.92 Å². The Kier molecular flexibility index (Phi) is 18.1. The van der Waals surface area contributed by atoms with Crippen molar-refractivity contribution in [1.29, 1.82) is 0 Å². The molecule has 366 valence electrons. The van der Waals surface area contributed by atoms with Crippen LogP contribution in [0.25, 0.3) is 0 Å². The average molecular weight is 955 g/mol. The number of esters is 2. The first-order valence-corrected chi connectivity index (χ1v) is 23.2. The summed E-state index contributed by atoms with van der Waals surface area (Å²) in [6.07, 6.45) is -11.1. The zero-order valence-electron chi connectivity index (χ0n) is 39.0. The topological polar surface area (TPSA) is 156 Å². The summed E-state index contributed by atoms with van der Waals surface area (Å²) in [4.78, 5) is 26.9. The van der Waals surface area contributed by atoms with Crippen LogP contribution in [0, 0.1) is 0 Å². The highest BCUT2D eigenvalue weighted by Crippen LogP contribution is 2.35. The minimum atomic E-state index is -1.44. The van der Waals surface area contributed by atoms with E-state index in [0.29, 0.717) is 11.5 Å². The van der Waals surface area contributed by atoms with Gasteiger partial charge >= 0.3 is 11.9 Å². The molecule has 0 aromatic heterocycles. The number of ether oxygens (including phenoxy) is 11. The van der Waals surface area contributed by atoms with E-state index in [1.165, 1.54) is 6.92 Å². The Morgan fingerprint density at radius 1 is 0.457 bits per heavy atom. The predicted molar refractivity (Wildman–Crippen MR) is 255 cm³/mol. The maximum absolute atomic E-state index is 13.9. The first kappa shape index (κ1) is 49.9. The second-order valence-electron chi connectivity index (χ2n) is 16.8.